The van der Waals surface area contributed by atoms with E-state index in [-0.39, 0.29) is 5.69 Å². The molecule has 120 valence electrons. The minimum absolute atomic E-state index is 0.0345. The normalized spacial score (nSPS) is 14.2. The summed E-state index contributed by atoms with van der Waals surface area (Å²) in [5, 5.41) is 5.10. The Morgan fingerprint density at radius 1 is 1.26 bits per heavy atom. The van der Waals surface area contributed by atoms with Crippen molar-refractivity contribution in [2.75, 3.05) is 24.2 Å². The quantitative estimate of drug-likeness (QED) is 0.822. The molecule has 6 nitrogen and oxygen atoms in total. The van der Waals surface area contributed by atoms with Crippen LogP contribution in [0.25, 0.3) is 0 Å². The third kappa shape index (κ3) is 3.54. The highest BCUT2D eigenvalue weighted by Crippen LogP contribution is 2.27. The van der Waals surface area contributed by atoms with Crippen molar-refractivity contribution in [3.05, 3.63) is 40.7 Å². The van der Waals surface area contributed by atoms with E-state index in [4.69, 9.17) is 0 Å². The number of nitrogens with one attached hydrogen (secondary N) is 2. The zero-order valence-corrected chi connectivity index (χ0v) is 13.2. The summed E-state index contributed by atoms with van der Waals surface area (Å²) < 4.78 is 13.5. The van der Waals surface area contributed by atoms with E-state index in [1.807, 2.05) is 7.05 Å². The van der Waals surface area contributed by atoms with E-state index in [0.29, 0.717) is 5.13 Å². The fraction of sp³-hybridized carbons (Fsp3) is 0.267. The first-order chi connectivity index (χ1) is 11.0. The van der Waals surface area contributed by atoms with Gasteiger partial charge in [-0.05, 0) is 19.2 Å². The molecule has 23 heavy (non-hydrogen) atoms. The summed E-state index contributed by atoms with van der Waals surface area (Å²) >= 11 is 1.36. The van der Waals surface area contributed by atoms with Gasteiger partial charge in [-0.2, -0.15) is 0 Å². The maximum Gasteiger partial charge on any atom is 0.315 e. The first-order valence-electron chi connectivity index (χ1n) is 7.07. The van der Waals surface area contributed by atoms with Gasteiger partial charge in [0.05, 0.1) is 11.4 Å². The van der Waals surface area contributed by atoms with E-state index in [2.05, 4.69) is 20.5 Å². The molecule has 2 N–H and O–H groups in total. The van der Waals surface area contributed by atoms with Gasteiger partial charge in [-0.25, -0.2) is 9.37 Å². The Labute approximate surface area is 136 Å². The van der Waals surface area contributed by atoms with Crippen molar-refractivity contribution in [2.45, 2.75) is 13.0 Å². The van der Waals surface area contributed by atoms with E-state index in [9.17, 15) is 14.0 Å². The molecule has 2 aromatic rings. The SMILES string of the molecule is CN1CCc2nc(NC(=O)C(=O)Nc3ccccc3F)sc2C1. The third-order valence-corrected chi connectivity index (χ3v) is 4.47. The van der Waals surface area contributed by atoms with Gasteiger partial charge in [0, 0.05) is 24.4 Å². The predicted octanol–water partition coefficient (Wildman–Crippen LogP) is 1.85. The molecular formula is C15H15FN4O2S. The van der Waals surface area contributed by atoms with Crippen LogP contribution in [0.2, 0.25) is 0 Å². The number of nitrogens with zero attached hydrogens (tertiary/aromatic N) is 2. The Kier molecular flexibility index (Phi) is 4.35. The maximum absolute atomic E-state index is 13.5. The molecule has 1 aliphatic rings. The summed E-state index contributed by atoms with van der Waals surface area (Å²) in [7, 11) is 2.02. The number of thiazole rings is 1. The Hall–Kier alpha value is -2.32. The monoisotopic (exact) mass is 334 g/mol. The standard InChI is InChI=1S/C15H15FN4O2S/c1-20-7-6-11-12(8-20)23-15(18-11)19-14(22)13(21)17-10-5-3-2-4-9(10)16/h2-5H,6-8H2,1H3,(H,17,21)(H,18,19,22). The van der Waals surface area contributed by atoms with Crippen molar-refractivity contribution in [2.24, 2.45) is 0 Å². The van der Waals surface area contributed by atoms with Gasteiger partial charge in [-0.3, -0.25) is 14.9 Å². The third-order valence-electron chi connectivity index (χ3n) is 3.47. The molecule has 1 aromatic carbocycles. The van der Waals surface area contributed by atoms with Crippen LogP contribution in [-0.2, 0) is 22.6 Å². The molecule has 2 amide bonds. The van der Waals surface area contributed by atoms with Crippen LogP contribution < -0.4 is 10.6 Å². The molecule has 0 unspecified atom stereocenters. The number of anilines is 2. The summed E-state index contributed by atoms with van der Waals surface area (Å²) in [6.45, 7) is 1.70. The average Bonchev–Trinajstić information content (AvgIpc) is 2.90. The molecular weight excluding hydrogens is 319 g/mol. The van der Waals surface area contributed by atoms with E-state index >= 15 is 0 Å². The molecule has 0 saturated heterocycles. The van der Waals surface area contributed by atoms with Crippen LogP contribution in [0.3, 0.4) is 0 Å². The lowest BCUT2D eigenvalue weighted by atomic mass is 10.2. The summed E-state index contributed by atoms with van der Waals surface area (Å²) in [6, 6.07) is 5.67. The molecule has 0 fully saturated rings. The van der Waals surface area contributed by atoms with E-state index in [1.165, 1.54) is 29.5 Å². The van der Waals surface area contributed by atoms with Gasteiger partial charge in [0.25, 0.3) is 0 Å². The molecule has 0 aliphatic carbocycles. The Balaban J connectivity index is 1.65. The number of hydrogen-bond donors (Lipinski definition) is 2. The highest BCUT2D eigenvalue weighted by Gasteiger charge is 2.21. The van der Waals surface area contributed by atoms with Crippen LogP contribution >= 0.6 is 11.3 Å². The number of carbonyl (C=O) groups is 2. The lowest BCUT2D eigenvalue weighted by molar-refractivity contribution is -0.133. The van der Waals surface area contributed by atoms with Crippen molar-refractivity contribution in [3.63, 3.8) is 0 Å². The van der Waals surface area contributed by atoms with Gasteiger partial charge in [-0.15, -0.1) is 11.3 Å². The van der Waals surface area contributed by atoms with E-state index < -0.39 is 17.6 Å². The Morgan fingerprint density at radius 3 is 2.78 bits per heavy atom. The van der Waals surface area contributed by atoms with Gasteiger partial charge >= 0.3 is 11.8 Å². The molecule has 0 saturated carbocycles. The summed E-state index contributed by atoms with van der Waals surface area (Å²) in [6.07, 6.45) is 0.819. The van der Waals surface area contributed by atoms with E-state index in [0.717, 1.165) is 30.1 Å². The summed E-state index contributed by atoms with van der Waals surface area (Å²) in [5.74, 6) is -2.39. The zero-order valence-electron chi connectivity index (χ0n) is 12.4. The number of fused-ring (bicyclic) bond motifs is 1. The number of para-hydroxylation sites is 1. The number of benzene rings is 1. The highest BCUT2D eigenvalue weighted by molar-refractivity contribution is 7.16. The van der Waals surface area contributed by atoms with Crippen molar-refractivity contribution >= 4 is 34.0 Å². The maximum atomic E-state index is 13.5. The number of amides is 2. The van der Waals surface area contributed by atoms with Crippen molar-refractivity contribution in [1.82, 2.24) is 9.88 Å². The largest absolute Gasteiger partial charge is 0.315 e. The second kappa shape index (κ2) is 6.43. The number of rotatable bonds is 2. The molecule has 0 bridgehead atoms. The number of hydrogen-bond acceptors (Lipinski definition) is 5. The smallest absolute Gasteiger partial charge is 0.315 e. The second-order valence-electron chi connectivity index (χ2n) is 5.26. The first-order valence-corrected chi connectivity index (χ1v) is 7.88. The fourth-order valence-electron chi connectivity index (χ4n) is 2.27. The molecule has 0 radical (unpaired) electrons. The van der Waals surface area contributed by atoms with Crippen LogP contribution in [0.15, 0.2) is 24.3 Å². The second-order valence-corrected chi connectivity index (χ2v) is 6.35. The topological polar surface area (TPSA) is 74.3 Å². The van der Waals surface area contributed by atoms with Gasteiger partial charge < -0.3 is 10.2 Å². The van der Waals surface area contributed by atoms with Crippen LogP contribution in [-0.4, -0.2) is 35.3 Å². The summed E-state index contributed by atoms with van der Waals surface area (Å²) in [5.41, 5.74) is 0.922. The van der Waals surface area contributed by atoms with Crippen LogP contribution in [0.5, 0.6) is 0 Å². The molecule has 1 aliphatic heterocycles. The number of carbonyl (C=O) groups excluding carboxylic acids is 2. The van der Waals surface area contributed by atoms with Gasteiger partial charge in [0.2, 0.25) is 0 Å². The summed E-state index contributed by atoms with van der Waals surface area (Å²) in [4.78, 5) is 31.3. The highest BCUT2D eigenvalue weighted by atomic mass is 32.1. The molecule has 0 spiro atoms. The molecule has 3 rings (SSSR count). The number of likely N-dealkylation sites (N-methyl/N-ethyl adjacent to an activating group) is 1. The van der Waals surface area contributed by atoms with Gasteiger partial charge in [0.1, 0.15) is 5.82 Å². The number of aromatic nitrogens is 1. The van der Waals surface area contributed by atoms with Crippen LogP contribution in [0.4, 0.5) is 15.2 Å². The molecule has 0 atom stereocenters. The predicted molar refractivity (Wildman–Crippen MR) is 85.8 cm³/mol. The molecule has 1 aromatic heterocycles. The zero-order chi connectivity index (χ0) is 16.4. The van der Waals surface area contributed by atoms with Crippen molar-refractivity contribution < 1.29 is 14.0 Å². The van der Waals surface area contributed by atoms with E-state index in [1.54, 1.807) is 6.07 Å². The molecule has 8 heteroatoms. The van der Waals surface area contributed by atoms with Gasteiger partial charge in [0.15, 0.2) is 5.13 Å². The van der Waals surface area contributed by atoms with Crippen molar-refractivity contribution in [3.8, 4) is 0 Å². The minimum atomic E-state index is -0.930. The van der Waals surface area contributed by atoms with Gasteiger partial charge in [-0.1, -0.05) is 12.1 Å². The lowest BCUT2D eigenvalue weighted by Gasteiger charge is -2.20. The Morgan fingerprint density at radius 2 is 2.00 bits per heavy atom. The fourth-order valence-corrected chi connectivity index (χ4v) is 3.36. The average molecular weight is 334 g/mol. The lowest BCUT2D eigenvalue weighted by Crippen LogP contribution is -2.29. The van der Waals surface area contributed by atoms with Crippen LogP contribution in [0.1, 0.15) is 10.6 Å². The number of halogens is 1. The minimum Gasteiger partial charge on any atom is -0.315 e. The first kappa shape index (κ1) is 15.6. The Bertz CT molecular complexity index is 762. The molecule has 2 heterocycles. The van der Waals surface area contributed by atoms with Crippen molar-refractivity contribution in [1.29, 1.82) is 0 Å². The van der Waals surface area contributed by atoms with Crippen LogP contribution in [0, 0.1) is 5.82 Å².